The van der Waals surface area contributed by atoms with Crippen LogP contribution in [-0.4, -0.2) is 0 Å². The van der Waals surface area contributed by atoms with E-state index < -0.39 is 0 Å². The Kier molecular flexibility index (Phi) is 6.91. The van der Waals surface area contributed by atoms with Crippen molar-refractivity contribution in [2.45, 2.75) is 98.8 Å². The van der Waals surface area contributed by atoms with Gasteiger partial charge < -0.3 is 0 Å². The predicted octanol–water partition coefficient (Wildman–Crippen LogP) is 6.84. The highest BCUT2D eigenvalue weighted by Crippen LogP contribution is 2.53. The highest BCUT2D eigenvalue weighted by Gasteiger charge is 2.43. The quantitative estimate of drug-likeness (QED) is 0.462. The molecule has 0 heteroatoms. The first kappa shape index (κ1) is 17.1. The molecule has 19 heavy (non-hydrogen) atoms. The molecule has 0 nitrogen and oxygen atoms in total. The zero-order valence-electron chi connectivity index (χ0n) is 13.0. The first-order valence-electron chi connectivity index (χ1n) is 8.66. The van der Waals surface area contributed by atoms with E-state index in [-0.39, 0.29) is 7.43 Å². The fourth-order valence-corrected chi connectivity index (χ4v) is 4.89. The van der Waals surface area contributed by atoms with Gasteiger partial charge in [-0.1, -0.05) is 66.7 Å². The SMILES string of the molecule is C.CCCCCC(C)(C1CCCC1)C1CCC(C)C1. The largest absolute Gasteiger partial charge is 0.0776 e. The Balaban J connectivity index is 0.00000180. The summed E-state index contributed by atoms with van der Waals surface area (Å²) in [5.41, 5.74) is 0.691. The molecule has 0 spiro atoms. The van der Waals surface area contributed by atoms with Gasteiger partial charge >= 0.3 is 0 Å². The Bertz CT molecular complexity index is 238. The third-order valence-electron chi connectivity index (χ3n) is 6.23. The molecule has 0 bridgehead atoms. The van der Waals surface area contributed by atoms with Crippen LogP contribution in [-0.2, 0) is 0 Å². The normalized spacial score (nSPS) is 31.1. The van der Waals surface area contributed by atoms with Crippen LogP contribution in [0, 0.1) is 23.2 Å². The third-order valence-corrected chi connectivity index (χ3v) is 6.23. The molecule has 3 unspecified atom stereocenters. The molecule has 0 N–H and O–H groups in total. The highest BCUT2D eigenvalue weighted by atomic mass is 14.5. The highest BCUT2D eigenvalue weighted by molar-refractivity contribution is 4.93. The lowest BCUT2D eigenvalue weighted by atomic mass is 9.63. The lowest BCUT2D eigenvalue weighted by molar-refractivity contribution is 0.0790. The second kappa shape index (κ2) is 7.70. The fourth-order valence-electron chi connectivity index (χ4n) is 4.89. The molecule has 2 aliphatic carbocycles. The minimum absolute atomic E-state index is 0. The average Bonchev–Trinajstić information content (AvgIpc) is 3.00. The second-order valence-corrected chi connectivity index (χ2v) is 7.56. The van der Waals surface area contributed by atoms with Gasteiger partial charge in [0.05, 0.1) is 0 Å². The number of unbranched alkanes of at least 4 members (excludes halogenated alkanes) is 2. The molecule has 2 rings (SSSR count). The van der Waals surface area contributed by atoms with Gasteiger partial charge in [-0.25, -0.2) is 0 Å². The van der Waals surface area contributed by atoms with Crippen LogP contribution in [0.3, 0.4) is 0 Å². The Morgan fingerprint density at radius 1 is 0.947 bits per heavy atom. The Morgan fingerprint density at radius 2 is 1.63 bits per heavy atom. The summed E-state index contributed by atoms with van der Waals surface area (Å²) < 4.78 is 0. The third kappa shape index (κ3) is 3.99. The monoisotopic (exact) mass is 266 g/mol. The van der Waals surface area contributed by atoms with Crippen LogP contribution in [0.25, 0.3) is 0 Å². The Labute approximate surface area is 122 Å². The van der Waals surface area contributed by atoms with Gasteiger partial charge in [-0.15, -0.1) is 0 Å². The van der Waals surface area contributed by atoms with E-state index in [0.29, 0.717) is 5.41 Å². The van der Waals surface area contributed by atoms with Crippen LogP contribution in [0.4, 0.5) is 0 Å². The van der Waals surface area contributed by atoms with E-state index >= 15 is 0 Å². The van der Waals surface area contributed by atoms with Crippen molar-refractivity contribution >= 4 is 0 Å². The van der Waals surface area contributed by atoms with Crippen LogP contribution in [0.1, 0.15) is 98.8 Å². The van der Waals surface area contributed by atoms with Gasteiger partial charge in [0.1, 0.15) is 0 Å². The first-order chi connectivity index (χ1) is 8.66. The summed E-state index contributed by atoms with van der Waals surface area (Å²) in [5, 5.41) is 0. The van der Waals surface area contributed by atoms with Crippen molar-refractivity contribution in [3.05, 3.63) is 0 Å². The van der Waals surface area contributed by atoms with Crippen molar-refractivity contribution < 1.29 is 0 Å². The molecule has 2 fully saturated rings. The van der Waals surface area contributed by atoms with Crippen molar-refractivity contribution in [3.63, 3.8) is 0 Å². The molecule has 114 valence electrons. The zero-order valence-corrected chi connectivity index (χ0v) is 13.0. The standard InChI is InChI=1S/C18H34.CH4/c1-4-5-8-13-18(3,16-9-6-7-10-16)17-12-11-15(2)14-17;/h15-17H,4-14H2,1-3H3;1H4. The van der Waals surface area contributed by atoms with Gasteiger partial charge in [-0.3, -0.25) is 0 Å². The maximum Gasteiger partial charge on any atom is -0.0269 e. The van der Waals surface area contributed by atoms with E-state index in [9.17, 15) is 0 Å². The van der Waals surface area contributed by atoms with Crippen molar-refractivity contribution in [3.8, 4) is 0 Å². The summed E-state index contributed by atoms with van der Waals surface area (Å²) in [7, 11) is 0. The first-order valence-corrected chi connectivity index (χ1v) is 8.66. The van der Waals surface area contributed by atoms with Crippen molar-refractivity contribution in [1.82, 2.24) is 0 Å². The van der Waals surface area contributed by atoms with E-state index in [4.69, 9.17) is 0 Å². The zero-order chi connectivity index (χ0) is 13.0. The van der Waals surface area contributed by atoms with Gasteiger partial charge in [0.15, 0.2) is 0 Å². The summed E-state index contributed by atoms with van der Waals surface area (Å²) in [5.74, 6) is 3.11. The molecule has 0 radical (unpaired) electrons. The molecule has 0 aromatic heterocycles. The summed E-state index contributed by atoms with van der Waals surface area (Å²) in [6.45, 7) is 7.48. The summed E-state index contributed by atoms with van der Waals surface area (Å²) in [4.78, 5) is 0. The van der Waals surface area contributed by atoms with E-state index in [1.165, 1.54) is 70.6 Å². The Morgan fingerprint density at radius 3 is 2.16 bits per heavy atom. The Hall–Kier alpha value is 0. The lowest BCUT2D eigenvalue weighted by Gasteiger charge is -2.42. The van der Waals surface area contributed by atoms with Crippen molar-refractivity contribution in [1.29, 1.82) is 0 Å². The number of hydrogen-bond acceptors (Lipinski definition) is 0. The molecule has 2 saturated carbocycles. The van der Waals surface area contributed by atoms with Gasteiger partial charge in [0.25, 0.3) is 0 Å². The van der Waals surface area contributed by atoms with Gasteiger partial charge in [0, 0.05) is 0 Å². The molecule has 2 aliphatic rings. The van der Waals surface area contributed by atoms with E-state index in [2.05, 4.69) is 20.8 Å². The van der Waals surface area contributed by atoms with Crippen LogP contribution < -0.4 is 0 Å². The van der Waals surface area contributed by atoms with Gasteiger partial charge in [-0.05, 0) is 55.3 Å². The summed E-state index contributed by atoms with van der Waals surface area (Å²) >= 11 is 0. The number of hydrogen-bond donors (Lipinski definition) is 0. The summed E-state index contributed by atoms with van der Waals surface area (Å²) in [6.07, 6.45) is 16.5. The van der Waals surface area contributed by atoms with Crippen LogP contribution >= 0.6 is 0 Å². The van der Waals surface area contributed by atoms with E-state index in [0.717, 1.165) is 17.8 Å². The molecular formula is C19H38. The van der Waals surface area contributed by atoms with E-state index in [1.54, 1.807) is 0 Å². The second-order valence-electron chi connectivity index (χ2n) is 7.56. The molecule has 0 saturated heterocycles. The molecule has 0 aliphatic heterocycles. The maximum absolute atomic E-state index is 2.67. The van der Waals surface area contributed by atoms with Gasteiger partial charge in [-0.2, -0.15) is 0 Å². The van der Waals surface area contributed by atoms with Crippen LogP contribution in [0.15, 0.2) is 0 Å². The molecule has 0 heterocycles. The minimum atomic E-state index is 0. The number of rotatable bonds is 6. The fraction of sp³-hybridized carbons (Fsp3) is 1.00. The van der Waals surface area contributed by atoms with Crippen molar-refractivity contribution in [2.75, 3.05) is 0 Å². The molecule has 3 atom stereocenters. The maximum atomic E-state index is 2.67. The topological polar surface area (TPSA) is 0 Å². The molecule has 0 amide bonds. The molecule has 0 aromatic rings. The lowest BCUT2D eigenvalue weighted by Crippen LogP contribution is -2.33. The van der Waals surface area contributed by atoms with Crippen LogP contribution in [0.2, 0.25) is 0 Å². The summed E-state index contributed by atoms with van der Waals surface area (Å²) in [6, 6.07) is 0. The molecule has 0 aromatic carbocycles. The smallest absolute Gasteiger partial charge is 0.0269 e. The van der Waals surface area contributed by atoms with Crippen LogP contribution in [0.5, 0.6) is 0 Å². The van der Waals surface area contributed by atoms with Crippen molar-refractivity contribution in [2.24, 2.45) is 23.2 Å². The minimum Gasteiger partial charge on any atom is -0.0776 e. The predicted molar refractivity (Wildman–Crippen MR) is 87.4 cm³/mol. The van der Waals surface area contributed by atoms with Gasteiger partial charge in [0.2, 0.25) is 0 Å². The van der Waals surface area contributed by atoms with E-state index in [1.807, 2.05) is 0 Å². The average molecular weight is 267 g/mol. The molecular weight excluding hydrogens is 228 g/mol.